The third-order valence-electron chi connectivity index (χ3n) is 7.23. The number of hydrogen-bond acceptors (Lipinski definition) is 8. The first kappa shape index (κ1) is 27.0. The van der Waals surface area contributed by atoms with Gasteiger partial charge in [0.15, 0.2) is 11.6 Å². The molecule has 2 N–H and O–H groups in total. The Bertz CT molecular complexity index is 1510. The van der Waals surface area contributed by atoms with Crippen LogP contribution in [0.2, 0.25) is 0 Å². The average molecular weight is 537 g/mol. The van der Waals surface area contributed by atoms with Gasteiger partial charge in [-0.2, -0.15) is 0 Å². The number of benzene rings is 2. The molecule has 0 aliphatic carbocycles. The Labute approximate surface area is 226 Å². The smallest absolute Gasteiger partial charge is 0.159 e. The number of likely N-dealkylation sites (N-methyl/N-ethyl adjacent to an activating group) is 1. The second kappa shape index (κ2) is 10.5. The van der Waals surface area contributed by atoms with E-state index < -0.39 is 17.2 Å². The molecule has 0 unspecified atom stereocenters. The highest BCUT2D eigenvalue weighted by Crippen LogP contribution is 2.40. The number of anilines is 3. The van der Waals surface area contributed by atoms with Gasteiger partial charge < -0.3 is 25.0 Å². The van der Waals surface area contributed by atoms with E-state index in [9.17, 15) is 5.11 Å². The van der Waals surface area contributed by atoms with E-state index in [0.717, 1.165) is 18.7 Å². The van der Waals surface area contributed by atoms with Gasteiger partial charge in [0.25, 0.3) is 0 Å². The van der Waals surface area contributed by atoms with Gasteiger partial charge in [0, 0.05) is 55.0 Å². The number of nitrogens with one attached hydrogen (secondary N) is 1. The molecule has 0 spiro atoms. The summed E-state index contributed by atoms with van der Waals surface area (Å²) in [6.07, 6.45) is 3.53. The zero-order valence-electron chi connectivity index (χ0n) is 22.9. The molecule has 1 aliphatic heterocycles. The average Bonchev–Trinajstić information content (AvgIpc) is 3.37. The van der Waals surface area contributed by atoms with E-state index in [-0.39, 0.29) is 34.4 Å². The summed E-state index contributed by atoms with van der Waals surface area (Å²) in [5.74, 6) is -0.661. The van der Waals surface area contributed by atoms with E-state index in [1.54, 1.807) is 12.1 Å². The van der Waals surface area contributed by atoms with Crippen LogP contribution in [0, 0.1) is 17.6 Å². The maximum atomic E-state index is 15.4. The second-order valence-electron chi connectivity index (χ2n) is 11.1. The third-order valence-corrected chi connectivity index (χ3v) is 7.23. The molecule has 2 aromatic heterocycles. The maximum absolute atomic E-state index is 15.4. The van der Waals surface area contributed by atoms with Gasteiger partial charge in [-0.15, -0.1) is 0 Å². The number of hydrogen-bond donors (Lipinski definition) is 2. The van der Waals surface area contributed by atoms with E-state index >= 15 is 8.78 Å². The third kappa shape index (κ3) is 5.58. The number of fused-ring (bicyclic) bond motifs is 2. The zero-order valence-corrected chi connectivity index (χ0v) is 22.9. The topological polar surface area (TPSA) is 86.6 Å². The molecule has 0 radical (unpaired) electrons. The van der Waals surface area contributed by atoms with Crippen LogP contribution in [0.25, 0.3) is 21.8 Å². The van der Waals surface area contributed by atoms with Crippen LogP contribution in [0.5, 0.6) is 5.75 Å². The molecule has 0 amide bonds. The Kier molecular flexibility index (Phi) is 7.26. The van der Waals surface area contributed by atoms with Gasteiger partial charge in [0.2, 0.25) is 0 Å². The van der Waals surface area contributed by atoms with E-state index in [1.807, 2.05) is 51.9 Å². The minimum atomic E-state index is -0.784. The molecule has 5 rings (SSSR count). The van der Waals surface area contributed by atoms with Crippen LogP contribution in [0.1, 0.15) is 27.2 Å². The Hall–Kier alpha value is -3.63. The summed E-state index contributed by atoms with van der Waals surface area (Å²) in [4.78, 5) is 17.1. The summed E-state index contributed by atoms with van der Waals surface area (Å²) in [5.41, 5.74) is 0.604. The van der Waals surface area contributed by atoms with Crippen LogP contribution in [-0.2, 0) is 0 Å². The summed E-state index contributed by atoms with van der Waals surface area (Å²) < 4.78 is 36.9. The predicted molar refractivity (Wildman–Crippen MR) is 150 cm³/mol. The molecule has 0 bridgehead atoms. The normalized spacial score (nSPS) is 16.8. The molecule has 3 heterocycles. The summed E-state index contributed by atoms with van der Waals surface area (Å²) >= 11 is 0. The molecule has 2 atom stereocenters. The molecule has 206 valence electrons. The Balaban J connectivity index is 1.59. The Morgan fingerprint density at radius 3 is 2.69 bits per heavy atom. The molecule has 2 aromatic carbocycles. The number of pyridine rings is 1. The van der Waals surface area contributed by atoms with Crippen molar-refractivity contribution in [3.05, 3.63) is 54.5 Å². The number of aliphatic hydroxyl groups is 1. The lowest BCUT2D eigenvalue weighted by molar-refractivity contribution is 0.0263. The molecule has 1 fully saturated rings. The zero-order chi connectivity index (χ0) is 27.9. The van der Waals surface area contributed by atoms with Crippen LogP contribution >= 0.6 is 0 Å². The first-order valence-electron chi connectivity index (χ1n) is 13.1. The van der Waals surface area contributed by atoms with Crippen molar-refractivity contribution in [1.29, 1.82) is 0 Å². The van der Waals surface area contributed by atoms with Crippen molar-refractivity contribution in [3.8, 4) is 5.75 Å². The van der Waals surface area contributed by atoms with Crippen LogP contribution < -0.4 is 15.0 Å². The van der Waals surface area contributed by atoms with Crippen LogP contribution in [0.15, 0.2) is 42.9 Å². The van der Waals surface area contributed by atoms with Crippen molar-refractivity contribution in [2.24, 2.45) is 5.92 Å². The largest absolute Gasteiger partial charge is 0.488 e. The molecule has 8 nitrogen and oxygen atoms in total. The fourth-order valence-electron chi connectivity index (χ4n) is 5.23. The highest BCUT2D eigenvalue weighted by Gasteiger charge is 2.34. The number of halogens is 2. The quantitative estimate of drug-likeness (QED) is 0.321. The number of ether oxygens (including phenoxy) is 1. The minimum Gasteiger partial charge on any atom is -0.488 e. The van der Waals surface area contributed by atoms with Crippen LogP contribution in [-0.4, -0.2) is 70.4 Å². The standard InChI is InChI=1S/C29H34F2N6O2/c1-17(14-36(4)5)39-24-12-19(37-10-8-18(15-37)29(2,3)38)11-23-25(24)28(34-16-33-23)35-27-21(30)13-22-20(26(27)31)7-6-9-32-22/h6-7,9,11-13,16-18,38H,8,10,14-15H2,1-5H3,(H,33,34,35)/t17-,18+/m1/s1. The van der Waals surface area contributed by atoms with Crippen molar-refractivity contribution in [2.45, 2.75) is 38.9 Å². The van der Waals surface area contributed by atoms with Gasteiger partial charge >= 0.3 is 0 Å². The predicted octanol–water partition coefficient (Wildman–Crippen LogP) is 5.13. The fourth-order valence-corrected chi connectivity index (χ4v) is 5.23. The second-order valence-corrected chi connectivity index (χ2v) is 11.1. The number of aromatic nitrogens is 3. The van der Waals surface area contributed by atoms with Crippen molar-refractivity contribution in [3.63, 3.8) is 0 Å². The summed E-state index contributed by atoms with van der Waals surface area (Å²) in [6.45, 7) is 7.78. The molecular weight excluding hydrogens is 502 g/mol. The fraction of sp³-hybridized carbons (Fsp3) is 0.414. The number of nitrogens with zero attached hydrogens (tertiary/aromatic N) is 5. The van der Waals surface area contributed by atoms with Crippen molar-refractivity contribution in [2.75, 3.05) is 43.9 Å². The van der Waals surface area contributed by atoms with Crippen molar-refractivity contribution >= 4 is 39.0 Å². The van der Waals surface area contributed by atoms with E-state index in [1.165, 1.54) is 18.6 Å². The molecule has 4 aromatic rings. The Morgan fingerprint density at radius 1 is 1.18 bits per heavy atom. The SMILES string of the molecule is C[C@H](CN(C)C)Oc1cc(N2CC[C@H](C(C)(C)O)C2)cc2ncnc(Nc3c(F)cc4ncccc4c3F)c12. The molecule has 39 heavy (non-hydrogen) atoms. The summed E-state index contributed by atoms with van der Waals surface area (Å²) in [6, 6.07) is 8.21. The van der Waals surface area contributed by atoms with Gasteiger partial charge in [-0.05, 0) is 59.5 Å². The van der Waals surface area contributed by atoms with E-state index in [2.05, 4.69) is 25.2 Å². The lowest BCUT2D eigenvalue weighted by atomic mass is 9.90. The maximum Gasteiger partial charge on any atom is 0.159 e. The van der Waals surface area contributed by atoms with Crippen molar-refractivity contribution in [1.82, 2.24) is 19.9 Å². The first-order valence-corrected chi connectivity index (χ1v) is 13.1. The van der Waals surface area contributed by atoms with Crippen molar-refractivity contribution < 1.29 is 18.6 Å². The number of rotatable bonds is 8. The van der Waals surface area contributed by atoms with Gasteiger partial charge in [-0.25, -0.2) is 18.7 Å². The Morgan fingerprint density at radius 2 is 1.97 bits per heavy atom. The van der Waals surface area contributed by atoms with Crippen LogP contribution in [0.3, 0.4) is 0 Å². The van der Waals surface area contributed by atoms with Gasteiger partial charge in [0.05, 0.1) is 22.0 Å². The lowest BCUT2D eigenvalue weighted by Gasteiger charge is -2.27. The highest BCUT2D eigenvalue weighted by atomic mass is 19.1. The summed E-state index contributed by atoms with van der Waals surface area (Å²) in [5, 5.41) is 14.2. The molecule has 0 saturated carbocycles. The molecular formula is C29H34F2N6O2. The minimum absolute atomic E-state index is 0.126. The summed E-state index contributed by atoms with van der Waals surface area (Å²) in [7, 11) is 3.93. The van der Waals surface area contributed by atoms with E-state index in [0.29, 0.717) is 29.7 Å². The van der Waals surface area contributed by atoms with Gasteiger partial charge in [-0.3, -0.25) is 4.98 Å². The van der Waals surface area contributed by atoms with E-state index in [4.69, 9.17) is 4.74 Å². The molecule has 1 aliphatic rings. The molecule has 10 heteroatoms. The lowest BCUT2D eigenvalue weighted by Crippen LogP contribution is -2.33. The van der Waals surface area contributed by atoms with Gasteiger partial charge in [-0.1, -0.05) is 0 Å². The highest BCUT2D eigenvalue weighted by molar-refractivity contribution is 5.98. The van der Waals surface area contributed by atoms with Crippen LogP contribution in [0.4, 0.5) is 26.0 Å². The first-order chi connectivity index (χ1) is 18.5. The monoisotopic (exact) mass is 536 g/mol. The van der Waals surface area contributed by atoms with Gasteiger partial charge in [0.1, 0.15) is 29.7 Å². The molecule has 1 saturated heterocycles.